The van der Waals surface area contributed by atoms with Gasteiger partial charge < -0.3 is 5.73 Å². The number of likely N-dealkylation sites (tertiary alicyclic amines) is 1. The molecule has 0 saturated carbocycles. The van der Waals surface area contributed by atoms with Crippen molar-refractivity contribution in [3.63, 3.8) is 0 Å². The monoisotopic (exact) mass is 426 g/mol. The molecule has 31 heavy (non-hydrogen) atoms. The molecule has 1 amide bonds. The van der Waals surface area contributed by atoms with E-state index in [2.05, 4.69) is 40.7 Å². The van der Waals surface area contributed by atoms with Gasteiger partial charge in [-0.15, -0.1) is 5.10 Å². The summed E-state index contributed by atoms with van der Waals surface area (Å²) in [4.78, 5) is 25.2. The maximum absolute atomic E-state index is 12.7. The molecule has 3 N–H and O–H groups in total. The molecular formula is C17H18N10O4. The normalized spacial score (nSPS) is 14.3. The molecule has 2 aromatic heterocycles. The molecule has 0 aliphatic carbocycles. The molecule has 4 rings (SSSR count). The van der Waals surface area contributed by atoms with E-state index in [0.29, 0.717) is 17.8 Å². The number of nitro benzene ring substituents is 1. The predicted octanol–water partition coefficient (Wildman–Crippen LogP) is 0.500. The summed E-state index contributed by atoms with van der Waals surface area (Å²) in [7, 11) is 0. The number of nitrogens with zero attached hydrogens (tertiary/aromatic N) is 8. The topological polar surface area (TPSA) is 183 Å². The number of aromatic nitrogens is 5. The van der Waals surface area contributed by atoms with Crippen molar-refractivity contribution in [1.82, 2.24) is 35.6 Å². The average molecular weight is 426 g/mol. The Labute approximate surface area is 174 Å². The third-order valence-corrected chi connectivity index (χ3v) is 4.71. The van der Waals surface area contributed by atoms with Crippen LogP contribution in [0, 0.1) is 10.1 Å². The Hall–Kier alpha value is -4.20. The first-order valence-electron chi connectivity index (χ1n) is 9.36. The highest BCUT2D eigenvalue weighted by molar-refractivity contribution is 5.94. The van der Waals surface area contributed by atoms with Gasteiger partial charge in [0.2, 0.25) is 11.6 Å². The van der Waals surface area contributed by atoms with Crippen molar-refractivity contribution in [2.45, 2.75) is 19.4 Å². The van der Waals surface area contributed by atoms with Gasteiger partial charge in [-0.3, -0.25) is 19.8 Å². The minimum Gasteiger partial charge on any atom is -0.378 e. The van der Waals surface area contributed by atoms with E-state index in [4.69, 9.17) is 5.73 Å². The van der Waals surface area contributed by atoms with Gasteiger partial charge in [-0.25, -0.2) is 10.1 Å². The van der Waals surface area contributed by atoms with Gasteiger partial charge in [0.05, 0.1) is 16.8 Å². The SMILES string of the molecule is Nc1nonc1-n1nnc(C(=O)N/N=C\c2cccc([N+](=O)[O-])c2)c1CN1CCCC1. The van der Waals surface area contributed by atoms with Gasteiger partial charge in [0, 0.05) is 24.2 Å². The number of nitrogens with one attached hydrogen (secondary N) is 1. The average Bonchev–Trinajstić information content (AvgIpc) is 3.50. The molecular weight excluding hydrogens is 408 g/mol. The molecule has 0 atom stereocenters. The van der Waals surface area contributed by atoms with E-state index in [0.717, 1.165) is 25.9 Å². The Bertz CT molecular complexity index is 1130. The van der Waals surface area contributed by atoms with Gasteiger partial charge in [-0.1, -0.05) is 17.3 Å². The zero-order valence-corrected chi connectivity index (χ0v) is 16.2. The van der Waals surface area contributed by atoms with Crippen LogP contribution in [0.4, 0.5) is 11.5 Å². The van der Waals surface area contributed by atoms with Gasteiger partial charge in [0.1, 0.15) is 0 Å². The number of benzene rings is 1. The highest BCUT2D eigenvalue weighted by atomic mass is 16.6. The van der Waals surface area contributed by atoms with Gasteiger partial charge in [0.15, 0.2) is 5.69 Å². The van der Waals surface area contributed by atoms with Gasteiger partial charge in [-0.2, -0.15) is 9.78 Å². The van der Waals surface area contributed by atoms with Crippen LogP contribution in [0.5, 0.6) is 0 Å². The number of non-ortho nitro benzene ring substituents is 1. The van der Waals surface area contributed by atoms with E-state index in [9.17, 15) is 14.9 Å². The first-order valence-corrected chi connectivity index (χ1v) is 9.36. The van der Waals surface area contributed by atoms with Crippen molar-refractivity contribution in [2.24, 2.45) is 5.10 Å². The second kappa shape index (κ2) is 8.66. The number of rotatable bonds is 7. The second-order valence-corrected chi connectivity index (χ2v) is 6.80. The molecule has 3 heterocycles. The van der Waals surface area contributed by atoms with E-state index in [1.54, 1.807) is 6.07 Å². The number of anilines is 1. The number of hydrazone groups is 1. The van der Waals surface area contributed by atoms with Gasteiger partial charge in [-0.05, 0) is 36.2 Å². The van der Waals surface area contributed by atoms with E-state index in [1.807, 2.05) is 0 Å². The van der Waals surface area contributed by atoms with Crippen LogP contribution in [0.1, 0.15) is 34.6 Å². The zero-order chi connectivity index (χ0) is 21.8. The lowest BCUT2D eigenvalue weighted by Gasteiger charge is -2.15. The zero-order valence-electron chi connectivity index (χ0n) is 16.2. The molecule has 1 aromatic carbocycles. The van der Waals surface area contributed by atoms with E-state index < -0.39 is 10.8 Å². The van der Waals surface area contributed by atoms with Crippen LogP contribution in [0.15, 0.2) is 34.0 Å². The molecule has 1 aliphatic heterocycles. The number of hydrogen-bond donors (Lipinski definition) is 2. The molecule has 14 nitrogen and oxygen atoms in total. The third-order valence-electron chi connectivity index (χ3n) is 4.71. The number of nitrogens with two attached hydrogens (primary N) is 1. The van der Waals surface area contributed by atoms with Gasteiger partial charge >= 0.3 is 0 Å². The molecule has 0 bridgehead atoms. The molecule has 1 fully saturated rings. The summed E-state index contributed by atoms with van der Waals surface area (Å²) in [5.41, 5.74) is 9.03. The molecule has 0 radical (unpaired) electrons. The maximum atomic E-state index is 12.7. The number of nitro groups is 1. The molecule has 0 unspecified atom stereocenters. The predicted molar refractivity (Wildman–Crippen MR) is 106 cm³/mol. The lowest BCUT2D eigenvalue weighted by atomic mass is 10.2. The summed E-state index contributed by atoms with van der Waals surface area (Å²) in [6, 6.07) is 5.85. The van der Waals surface area contributed by atoms with Crippen molar-refractivity contribution in [3.05, 3.63) is 51.3 Å². The number of carbonyl (C=O) groups is 1. The smallest absolute Gasteiger partial charge is 0.293 e. The van der Waals surface area contributed by atoms with E-state index in [-0.39, 0.29) is 23.0 Å². The fourth-order valence-corrected chi connectivity index (χ4v) is 3.22. The minimum atomic E-state index is -0.600. The largest absolute Gasteiger partial charge is 0.378 e. The molecule has 14 heteroatoms. The molecule has 160 valence electrons. The van der Waals surface area contributed by atoms with Crippen LogP contribution in [-0.2, 0) is 6.54 Å². The summed E-state index contributed by atoms with van der Waals surface area (Å²) < 4.78 is 5.96. The Balaban J connectivity index is 1.56. The van der Waals surface area contributed by atoms with Gasteiger partial charge in [0.25, 0.3) is 11.6 Å². The summed E-state index contributed by atoms with van der Waals surface area (Å²) in [6.45, 7) is 2.16. The molecule has 0 spiro atoms. The molecule has 1 aliphatic rings. The van der Waals surface area contributed by atoms with Crippen LogP contribution in [-0.4, -0.2) is 60.3 Å². The number of carbonyl (C=O) groups excluding carboxylic acids is 1. The van der Waals surface area contributed by atoms with Crippen LogP contribution < -0.4 is 11.2 Å². The Kier molecular flexibility index (Phi) is 5.61. The highest BCUT2D eigenvalue weighted by Gasteiger charge is 2.26. The number of nitrogen functional groups attached to an aromatic ring is 1. The summed E-state index contributed by atoms with van der Waals surface area (Å²) in [5.74, 6) is -0.443. The van der Waals surface area contributed by atoms with E-state index in [1.165, 1.54) is 29.1 Å². The summed E-state index contributed by atoms with van der Waals surface area (Å²) >= 11 is 0. The van der Waals surface area contributed by atoms with Crippen LogP contribution in [0.25, 0.3) is 5.82 Å². The molecule has 3 aromatic rings. The standard InChI is InChI=1S/C17H18N10O4/c18-15-16(23-31-22-15)26-13(10-25-6-1-2-7-25)14(20-24-26)17(28)21-19-9-11-4-3-5-12(8-11)27(29)30/h3-5,8-9H,1-2,6-7,10H2,(H2,18,22)(H,21,28)/b19-9-. The number of hydrogen-bond acceptors (Lipinski definition) is 11. The Morgan fingerprint density at radius 1 is 1.35 bits per heavy atom. The summed E-state index contributed by atoms with van der Waals surface area (Å²) in [5, 5.41) is 30.0. The lowest BCUT2D eigenvalue weighted by molar-refractivity contribution is -0.384. The fourth-order valence-electron chi connectivity index (χ4n) is 3.22. The number of amides is 1. The fraction of sp³-hybridized carbons (Fsp3) is 0.294. The first-order chi connectivity index (χ1) is 15.0. The van der Waals surface area contributed by atoms with Crippen molar-refractivity contribution >= 4 is 23.6 Å². The third kappa shape index (κ3) is 4.37. The van der Waals surface area contributed by atoms with Crippen molar-refractivity contribution in [1.29, 1.82) is 0 Å². The van der Waals surface area contributed by atoms with Crippen molar-refractivity contribution < 1.29 is 14.3 Å². The second-order valence-electron chi connectivity index (χ2n) is 6.80. The van der Waals surface area contributed by atoms with E-state index >= 15 is 0 Å². The maximum Gasteiger partial charge on any atom is 0.293 e. The van der Waals surface area contributed by atoms with Crippen LogP contribution in [0.3, 0.4) is 0 Å². The van der Waals surface area contributed by atoms with Crippen LogP contribution >= 0.6 is 0 Å². The molecule has 1 saturated heterocycles. The quantitative estimate of drug-likeness (QED) is 0.306. The lowest BCUT2D eigenvalue weighted by Crippen LogP contribution is -2.25. The van der Waals surface area contributed by atoms with Crippen molar-refractivity contribution in [2.75, 3.05) is 18.8 Å². The van der Waals surface area contributed by atoms with Crippen LogP contribution in [0.2, 0.25) is 0 Å². The highest BCUT2D eigenvalue weighted by Crippen LogP contribution is 2.19. The Morgan fingerprint density at radius 2 is 2.16 bits per heavy atom. The summed E-state index contributed by atoms with van der Waals surface area (Å²) in [6.07, 6.45) is 3.42. The first kappa shape index (κ1) is 20.1. The minimum absolute atomic E-state index is 0.0169. The Morgan fingerprint density at radius 3 is 2.87 bits per heavy atom. The van der Waals surface area contributed by atoms with Crippen molar-refractivity contribution in [3.8, 4) is 5.82 Å².